The Bertz CT molecular complexity index is 419. The van der Waals surface area contributed by atoms with Crippen LogP contribution >= 0.6 is 34.9 Å². The summed E-state index contributed by atoms with van der Waals surface area (Å²) in [6.45, 7) is 2.19. The number of carbonyl (C=O) groups excluding carboxylic acids is 1. The van der Waals surface area contributed by atoms with E-state index in [0.717, 1.165) is 27.3 Å². The van der Waals surface area contributed by atoms with Gasteiger partial charge in [0.15, 0.2) is 8.68 Å². The fraction of sp³-hybridized carbons (Fsp3) is 0.769. The highest BCUT2D eigenvalue weighted by atomic mass is 32.2. The van der Waals surface area contributed by atoms with E-state index in [9.17, 15) is 4.79 Å². The third-order valence-corrected chi connectivity index (χ3v) is 6.43. The van der Waals surface area contributed by atoms with E-state index in [-0.39, 0.29) is 5.91 Å². The van der Waals surface area contributed by atoms with Crippen molar-refractivity contribution in [3.8, 4) is 0 Å². The molecule has 2 rings (SSSR count). The highest BCUT2D eigenvalue weighted by Gasteiger charge is 2.17. The van der Waals surface area contributed by atoms with Crippen LogP contribution in [0.2, 0.25) is 0 Å². The summed E-state index contributed by atoms with van der Waals surface area (Å²) < 4.78 is 1.91. The van der Waals surface area contributed by atoms with Gasteiger partial charge in [-0.2, -0.15) is 0 Å². The minimum atomic E-state index is 0.122. The number of thioether (sulfide) groups is 2. The fourth-order valence-electron chi connectivity index (χ4n) is 2.08. The van der Waals surface area contributed by atoms with Gasteiger partial charge in [0.1, 0.15) is 0 Å². The van der Waals surface area contributed by atoms with Gasteiger partial charge in [0, 0.05) is 11.8 Å². The van der Waals surface area contributed by atoms with Crippen LogP contribution in [0.5, 0.6) is 0 Å². The van der Waals surface area contributed by atoms with Gasteiger partial charge in [-0.15, -0.1) is 10.2 Å². The minimum Gasteiger partial charge on any atom is -0.353 e. The summed E-state index contributed by atoms with van der Waals surface area (Å²) in [5.41, 5.74) is 0. The molecule has 0 unspecified atom stereocenters. The van der Waals surface area contributed by atoms with E-state index < -0.39 is 0 Å². The van der Waals surface area contributed by atoms with Gasteiger partial charge in [-0.05, 0) is 19.3 Å². The fourth-order valence-corrected chi connectivity index (χ4v) is 5.07. The summed E-state index contributed by atoms with van der Waals surface area (Å²) in [5, 5.41) is 11.4. The number of hydrogen-bond donors (Lipinski definition) is 1. The molecular formula is C13H21N3OS3. The zero-order chi connectivity index (χ0) is 14.2. The first-order valence-corrected chi connectivity index (χ1v) is 9.95. The molecule has 20 heavy (non-hydrogen) atoms. The van der Waals surface area contributed by atoms with Crippen molar-refractivity contribution in [3.05, 3.63) is 0 Å². The highest BCUT2D eigenvalue weighted by molar-refractivity contribution is 8.03. The normalized spacial score (nSPS) is 15.7. The van der Waals surface area contributed by atoms with Crippen LogP contribution in [0.1, 0.15) is 45.4 Å². The summed E-state index contributed by atoms with van der Waals surface area (Å²) >= 11 is 4.84. The number of nitrogens with one attached hydrogen (secondary N) is 1. The van der Waals surface area contributed by atoms with E-state index in [1.54, 1.807) is 23.1 Å². The lowest BCUT2D eigenvalue weighted by molar-refractivity contribution is -0.119. The molecule has 1 aromatic heterocycles. The van der Waals surface area contributed by atoms with Crippen molar-refractivity contribution in [1.29, 1.82) is 0 Å². The van der Waals surface area contributed by atoms with E-state index in [1.807, 2.05) is 0 Å². The molecule has 1 fully saturated rings. The summed E-state index contributed by atoms with van der Waals surface area (Å²) in [6.07, 6.45) is 7.16. The van der Waals surface area contributed by atoms with E-state index in [0.29, 0.717) is 11.8 Å². The van der Waals surface area contributed by atoms with Gasteiger partial charge < -0.3 is 5.32 Å². The molecule has 0 spiro atoms. The summed E-state index contributed by atoms with van der Waals surface area (Å²) in [5.74, 6) is 1.67. The largest absolute Gasteiger partial charge is 0.353 e. The Morgan fingerprint density at radius 2 is 2.00 bits per heavy atom. The molecule has 1 aliphatic carbocycles. The number of amides is 1. The number of aromatic nitrogens is 2. The molecule has 0 bridgehead atoms. The third-order valence-electron chi connectivity index (χ3n) is 3.16. The Kier molecular flexibility index (Phi) is 7.16. The highest BCUT2D eigenvalue weighted by Crippen LogP contribution is 2.29. The summed E-state index contributed by atoms with van der Waals surface area (Å²) in [4.78, 5) is 11.8. The Balaban J connectivity index is 1.66. The van der Waals surface area contributed by atoms with Gasteiger partial charge in [0.2, 0.25) is 5.91 Å². The second kappa shape index (κ2) is 8.89. The number of hydrogen-bond acceptors (Lipinski definition) is 6. The summed E-state index contributed by atoms with van der Waals surface area (Å²) in [7, 11) is 0. The smallest absolute Gasteiger partial charge is 0.230 e. The molecule has 0 atom stereocenters. The molecule has 112 valence electrons. The maximum absolute atomic E-state index is 11.8. The van der Waals surface area contributed by atoms with E-state index in [2.05, 4.69) is 22.4 Å². The average molecular weight is 332 g/mol. The Labute approximate surface area is 132 Å². The minimum absolute atomic E-state index is 0.122. The number of rotatable bonds is 8. The molecule has 1 amide bonds. The third kappa shape index (κ3) is 5.61. The van der Waals surface area contributed by atoms with Crippen LogP contribution in [-0.2, 0) is 4.79 Å². The zero-order valence-corrected chi connectivity index (χ0v) is 14.2. The van der Waals surface area contributed by atoms with Crippen molar-refractivity contribution in [2.75, 3.05) is 11.5 Å². The predicted molar refractivity (Wildman–Crippen MR) is 86.7 cm³/mol. The second-order valence-electron chi connectivity index (χ2n) is 4.87. The first-order chi connectivity index (χ1) is 9.78. The van der Waals surface area contributed by atoms with Gasteiger partial charge in [-0.1, -0.05) is 61.0 Å². The van der Waals surface area contributed by atoms with E-state index in [4.69, 9.17) is 0 Å². The number of carbonyl (C=O) groups is 1. The first kappa shape index (κ1) is 16.1. The van der Waals surface area contributed by atoms with Crippen LogP contribution in [0, 0.1) is 0 Å². The van der Waals surface area contributed by atoms with Crippen molar-refractivity contribution >= 4 is 40.8 Å². The van der Waals surface area contributed by atoms with Crippen LogP contribution in [0.15, 0.2) is 8.68 Å². The summed E-state index contributed by atoms with van der Waals surface area (Å²) in [6, 6.07) is 0.401. The molecule has 1 N–H and O–H groups in total. The molecule has 0 radical (unpaired) electrons. The molecule has 0 aliphatic heterocycles. The van der Waals surface area contributed by atoms with Crippen LogP contribution in [0.25, 0.3) is 0 Å². The van der Waals surface area contributed by atoms with Crippen LogP contribution in [0.4, 0.5) is 0 Å². The first-order valence-electron chi connectivity index (χ1n) is 7.16. The monoisotopic (exact) mass is 331 g/mol. The van der Waals surface area contributed by atoms with Crippen LogP contribution < -0.4 is 5.32 Å². The Morgan fingerprint density at radius 1 is 1.30 bits per heavy atom. The van der Waals surface area contributed by atoms with Crippen molar-refractivity contribution in [2.24, 2.45) is 0 Å². The van der Waals surface area contributed by atoms with Crippen molar-refractivity contribution in [3.63, 3.8) is 0 Å². The van der Waals surface area contributed by atoms with Gasteiger partial charge >= 0.3 is 0 Å². The Hall–Kier alpha value is -0.270. The average Bonchev–Trinajstić information content (AvgIpc) is 3.08. The second-order valence-corrected chi connectivity index (χ2v) is 8.42. The van der Waals surface area contributed by atoms with Crippen molar-refractivity contribution in [1.82, 2.24) is 15.5 Å². The maximum atomic E-state index is 11.8. The molecule has 1 aliphatic rings. The molecule has 0 aromatic carbocycles. The molecular weight excluding hydrogens is 310 g/mol. The van der Waals surface area contributed by atoms with Gasteiger partial charge in [-0.3, -0.25) is 4.79 Å². The topological polar surface area (TPSA) is 54.9 Å². The lowest BCUT2D eigenvalue weighted by atomic mass is 10.2. The molecule has 7 heteroatoms. The molecule has 1 saturated carbocycles. The Morgan fingerprint density at radius 3 is 2.70 bits per heavy atom. The standard InChI is InChI=1S/C13H21N3OS3/c1-2-3-8-18-12-15-16-13(20-12)19-9-11(17)14-10-6-4-5-7-10/h10H,2-9H2,1H3,(H,14,17). The van der Waals surface area contributed by atoms with Gasteiger partial charge in [0.05, 0.1) is 5.75 Å². The van der Waals surface area contributed by atoms with Crippen molar-refractivity contribution < 1.29 is 4.79 Å². The predicted octanol–water partition coefficient (Wildman–Crippen LogP) is 3.58. The molecule has 1 heterocycles. The van der Waals surface area contributed by atoms with Crippen molar-refractivity contribution in [2.45, 2.75) is 60.2 Å². The van der Waals surface area contributed by atoms with E-state index >= 15 is 0 Å². The van der Waals surface area contributed by atoms with E-state index in [1.165, 1.54) is 37.4 Å². The van der Waals surface area contributed by atoms with Gasteiger partial charge in [-0.25, -0.2) is 0 Å². The van der Waals surface area contributed by atoms with Crippen LogP contribution in [-0.4, -0.2) is 33.7 Å². The lowest BCUT2D eigenvalue weighted by Gasteiger charge is -2.10. The molecule has 4 nitrogen and oxygen atoms in total. The SMILES string of the molecule is CCCCSc1nnc(SCC(=O)NC2CCCC2)s1. The maximum Gasteiger partial charge on any atom is 0.230 e. The lowest BCUT2D eigenvalue weighted by Crippen LogP contribution is -2.33. The number of nitrogens with zero attached hydrogens (tertiary/aromatic N) is 2. The number of unbranched alkanes of at least 4 members (excludes halogenated alkanes) is 1. The quantitative estimate of drug-likeness (QED) is 0.583. The molecule has 0 saturated heterocycles. The van der Waals surface area contributed by atoms with Crippen LogP contribution in [0.3, 0.4) is 0 Å². The zero-order valence-electron chi connectivity index (χ0n) is 11.8. The van der Waals surface area contributed by atoms with Gasteiger partial charge in [0.25, 0.3) is 0 Å². The molecule has 1 aromatic rings.